The molecule has 0 saturated carbocycles. The smallest absolute Gasteiger partial charge is 0.159 e. The first-order valence-electron chi connectivity index (χ1n) is 5.39. The molecule has 0 saturated heterocycles. The number of nitrogens with one attached hydrogen (secondary N) is 1. The molecule has 2 aromatic carbocycles. The molecule has 6 heteroatoms. The molecule has 1 unspecified atom stereocenters. The molecule has 0 amide bonds. The topological polar surface area (TPSA) is 38.0 Å². The lowest BCUT2D eigenvalue weighted by atomic mass is 9.99. The molecule has 0 radical (unpaired) electrons. The fourth-order valence-electron chi connectivity index (χ4n) is 1.79. The first-order chi connectivity index (χ1) is 9.02. The average molecular weight is 303 g/mol. The monoisotopic (exact) mass is 302 g/mol. The SMILES string of the molecule is NNC(c1ccc(F)c(F)c1)c1cc(Cl)ccc1Cl. The van der Waals surface area contributed by atoms with E-state index in [1.54, 1.807) is 18.2 Å². The highest BCUT2D eigenvalue weighted by Gasteiger charge is 2.17. The summed E-state index contributed by atoms with van der Waals surface area (Å²) in [6, 6.07) is 7.82. The summed E-state index contributed by atoms with van der Waals surface area (Å²) >= 11 is 12.0. The molecule has 0 bridgehead atoms. The minimum absolute atomic E-state index is 0.428. The molecular formula is C13H10Cl2F2N2. The van der Waals surface area contributed by atoms with Gasteiger partial charge in [-0.25, -0.2) is 14.2 Å². The second-order valence-electron chi connectivity index (χ2n) is 3.94. The summed E-state index contributed by atoms with van der Waals surface area (Å²) < 4.78 is 26.2. The highest BCUT2D eigenvalue weighted by molar-refractivity contribution is 6.33. The fraction of sp³-hybridized carbons (Fsp3) is 0.0769. The van der Waals surface area contributed by atoms with Gasteiger partial charge in [0.25, 0.3) is 0 Å². The third-order valence-corrected chi connectivity index (χ3v) is 3.29. The second-order valence-corrected chi connectivity index (χ2v) is 4.78. The Bertz CT molecular complexity index is 605. The summed E-state index contributed by atoms with van der Waals surface area (Å²) in [4.78, 5) is 0. The van der Waals surface area contributed by atoms with E-state index in [9.17, 15) is 8.78 Å². The molecule has 0 aromatic heterocycles. The molecule has 0 spiro atoms. The first kappa shape index (κ1) is 14.2. The number of nitrogens with two attached hydrogens (primary N) is 1. The van der Waals surface area contributed by atoms with Gasteiger partial charge in [0.1, 0.15) is 0 Å². The van der Waals surface area contributed by atoms with Crippen LogP contribution in [0.2, 0.25) is 10.0 Å². The van der Waals surface area contributed by atoms with Gasteiger partial charge in [-0.1, -0.05) is 29.3 Å². The molecule has 3 N–H and O–H groups in total. The zero-order chi connectivity index (χ0) is 14.0. The van der Waals surface area contributed by atoms with Crippen LogP contribution in [0.1, 0.15) is 17.2 Å². The maximum Gasteiger partial charge on any atom is 0.159 e. The van der Waals surface area contributed by atoms with Crippen molar-refractivity contribution >= 4 is 23.2 Å². The third kappa shape index (κ3) is 3.04. The van der Waals surface area contributed by atoms with Crippen LogP contribution in [-0.4, -0.2) is 0 Å². The molecule has 2 nitrogen and oxygen atoms in total. The second kappa shape index (κ2) is 5.84. The van der Waals surface area contributed by atoms with Gasteiger partial charge in [0.15, 0.2) is 11.6 Å². The van der Waals surface area contributed by atoms with E-state index in [-0.39, 0.29) is 0 Å². The summed E-state index contributed by atoms with van der Waals surface area (Å²) in [6.07, 6.45) is 0. The van der Waals surface area contributed by atoms with Gasteiger partial charge < -0.3 is 0 Å². The first-order valence-corrected chi connectivity index (χ1v) is 6.14. The van der Waals surface area contributed by atoms with E-state index in [1.165, 1.54) is 6.07 Å². The Balaban J connectivity index is 2.49. The molecule has 0 aliphatic rings. The van der Waals surface area contributed by atoms with Gasteiger partial charge in [-0.05, 0) is 41.5 Å². The number of hydrazine groups is 1. The minimum Gasteiger partial charge on any atom is -0.271 e. The fourth-order valence-corrected chi connectivity index (χ4v) is 2.20. The highest BCUT2D eigenvalue weighted by atomic mass is 35.5. The van der Waals surface area contributed by atoms with E-state index in [0.29, 0.717) is 21.2 Å². The van der Waals surface area contributed by atoms with Gasteiger partial charge >= 0.3 is 0 Å². The summed E-state index contributed by atoms with van der Waals surface area (Å²) in [5.41, 5.74) is 3.55. The van der Waals surface area contributed by atoms with Crippen LogP contribution in [0.4, 0.5) is 8.78 Å². The summed E-state index contributed by atoms with van der Waals surface area (Å²) in [7, 11) is 0. The van der Waals surface area contributed by atoms with Crippen LogP contribution >= 0.6 is 23.2 Å². The van der Waals surface area contributed by atoms with Crippen molar-refractivity contribution < 1.29 is 8.78 Å². The van der Waals surface area contributed by atoms with E-state index in [2.05, 4.69) is 5.43 Å². The van der Waals surface area contributed by atoms with Crippen LogP contribution in [0.15, 0.2) is 36.4 Å². The third-order valence-electron chi connectivity index (χ3n) is 2.71. The van der Waals surface area contributed by atoms with E-state index in [1.807, 2.05) is 0 Å². The molecule has 0 fully saturated rings. The van der Waals surface area contributed by atoms with Crippen LogP contribution in [0.25, 0.3) is 0 Å². The molecule has 0 aliphatic carbocycles. The van der Waals surface area contributed by atoms with Crippen LogP contribution in [0.5, 0.6) is 0 Å². The van der Waals surface area contributed by atoms with Gasteiger partial charge in [-0.2, -0.15) is 0 Å². The normalized spacial score (nSPS) is 12.5. The standard InChI is InChI=1S/C13H10Cl2F2N2/c14-8-2-3-10(15)9(6-8)13(19-18)7-1-4-11(16)12(17)5-7/h1-6,13,19H,18H2. The average Bonchev–Trinajstić information content (AvgIpc) is 2.38. The van der Waals surface area contributed by atoms with Crippen molar-refractivity contribution in [2.24, 2.45) is 5.84 Å². The van der Waals surface area contributed by atoms with Gasteiger partial charge in [-0.3, -0.25) is 5.84 Å². The quantitative estimate of drug-likeness (QED) is 0.668. The summed E-state index contributed by atoms with van der Waals surface area (Å²) in [5, 5.41) is 0.902. The Morgan fingerprint density at radius 3 is 2.37 bits per heavy atom. The maximum absolute atomic E-state index is 13.3. The van der Waals surface area contributed by atoms with E-state index < -0.39 is 17.7 Å². The van der Waals surface area contributed by atoms with Crippen LogP contribution in [0.3, 0.4) is 0 Å². The van der Waals surface area contributed by atoms with E-state index >= 15 is 0 Å². The van der Waals surface area contributed by atoms with Crippen molar-refractivity contribution in [3.63, 3.8) is 0 Å². The number of benzene rings is 2. The largest absolute Gasteiger partial charge is 0.271 e. The van der Waals surface area contributed by atoms with Crippen LogP contribution in [-0.2, 0) is 0 Å². The van der Waals surface area contributed by atoms with Gasteiger partial charge in [-0.15, -0.1) is 0 Å². The lowest BCUT2D eigenvalue weighted by Crippen LogP contribution is -2.29. The lowest BCUT2D eigenvalue weighted by molar-refractivity contribution is 0.504. The van der Waals surface area contributed by atoms with Crippen molar-refractivity contribution in [1.29, 1.82) is 0 Å². The number of hydrogen-bond donors (Lipinski definition) is 2. The van der Waals surface area contributed by atoms with Crippen LogP contribution in [0, 0.1) is 11.6 Å². The lowest BCUT2D eigenvalue weighted by Gasteiger charge is -2.18. The number of hydrogen-bond acceptors (Lipinski definition) is 2. The van der Waals surface area contributed by atoms with Crippen molar-refractivity contribution in [2.75, 3.05) is 0 Å². The molecule has 1 atom stereocenters. The zero-order valence-electron chi connectivity index (χ0n) is 9.63. The minimum atomic E-state index is -0.948. The Morgan fingerprint density at radius 2 is 1.74 bits per heavy atom. The molecule has 100 valence electrons. The summed E-state index contributed by atoms with van der Waals surface area (Å²) in [6.45, 7) is 0. The zero-order valence-corrected chi connectivity index (χ0v) is 11.1. The molecule has 2 rings (SSSR count). The number of rotatable bonds is 3. The summed E-state index contributed by atoms with van der Waals surface area (Å²) in [5.74, 6) is 3.61. The van der Waals surface area contributed by atoms with Crippen LogP contribution < -0.4 is 11.3 Å². The Hall–Kier alpha value is -1.20. The van der Waals surface area contributed by atoms with E-state index in [0.717, 1.165) is 12.1 Å². The van der Waals surface area contributed by atoms with Gasteiger partial charge in [0.2, 0.25) is 0 Å². The van der Waals surface area contributed by atoms with Crippen molar-refractivity contribution in [1.82, 2.24) is 5.43 Å². The molecule has 0 heterocycles. The Labute approximate surface area is 119 Å². The molecular weight excluding hydrogens is 293 g/mol. The van der Waals surface area contributed by atoms with E-state index in [4.69, 9.17) is 29.0 Å². The Morgan fingerprint density at radius 1 is 1.00 bits per heavy atom. The Kier molecular flexibility index (Phi) is 4.37. The molecule has 2 aromatic rings. The predicted molar refractivity (Wildman–Crippen MR) is 72.0 cm³/mol. The number of halogens is 4. The van der Waals surface area contributed by atoms with Crippen molar-refractivity contribution in [3.05, 3.63) is 69.2 Å². The maximum atomic E-state index is 13.3. The highest BCUT2D eigenvalue weighted by Crippen LogP contribution is 2.30. The predicted octanol–water partition coefficient (Wildman–Crippen LogP) is 3.82. The van der Waals surface area contributed by atoms with Gasteiger partial charge in [0, 0.05) is 10.0 Å². The van der Waals surface area contributed by atoms with Crippen molar-refractivity contribution in [2.45, 2.75) is 6.04 Å². The van der Waals surface area contributed by atoms with Crippen molar-refractivity contribution in [3.8, 4) is 0 Å². The molecule has 0 aliphatic heterocycles. The van der Waals surface area contributed by atoms with Gasteiger partial charge in [0.05, 0.1) is 6.04 Å². The molecule has 19 heavy (non-hydrogen) atoms.